The molecule has 0 spiro atoms. The van der Waals surface area contributed by atoms with Crippen LogP contribution in [0.4, 0.5) is 0 Å². The molecule has 27 heavy (non-hydrogen) atoms. The van der Waals surface area contributed by atoms with Crippen molar-refractivity contribution in [3.8, 4) is 0 Å². The van der Waals surface area contributed by atoms with E-state index in [0.29, 0.717) is 17.9 Å². The lowest BCUT2D eigenvalue weighted by atomic mass is 9.62. The molecule has 1 saturated carbocycles. The number of fused-ring (bicyclic) bond motifs is 2. The van der Waals surface area contributed by atoms with Gasteiger partial charge in [-0.1, -0.05) is 25.8 Å². The van der Waals surface area contributed by atoms with Crippen molar-refractivity contribution in [2.45, 2.75) is 103 Å². The Balaban J connectivity index is 1.94. The number of ether oxygens (including phenoxy) is 3. The molecule has 0 aromatic carbocycles. The maximum absolute atomic E-state index is 10.6. The lowest BCUT2D eigenvalue weighted by Crippen LogP contribution is -2.55. The van der Waals surface area contributed by atoms with Crippen molar-refractivity contribution in [3.63, 3.8) is 0 Å². The van der Waals surface area contributed by atoms with Crippen molar-refractivity contribution in [2.75, 3.05) is 13.7 Å². The Morgan fingerprint density at radius 2 is 2.04 bits per heavy atom. The molecule has 156 valence electrons. The molecule has 0 aromatic heterocycles. The molecule has 2 aliphatic carbocycles. The largest absolute Gasteiger partial charge is 0.377 e. The number of aliphatic hydroxyl groups is 1. The summed E-state index contributed by atoms with van der Waals surface area (Å²) in [6.07, 6.45) is 8.12. The maximum atomic E-state index is 10.6. The quantitative estimate of drug-likeness (QED) is 0.529. The third-order valence-electron chi connectivity index (χ3n) is 7.32. The number of hydrogen-bond acceptors (Lipinski definition) is 4. The third kappa shape index (κ3) is 4.29. The first-order valence-corrected chi connectivity index (χ1v) is 11.0. The summed E-state index contributed by atoms with van der Waals surface area (Å²) in [6.45, 7) is 11.2. The predicted octanol–water partition coefficient (Wildman–Crippen LogP) is 4.85. The number of rotatable bonds is 6. The van der Waals surface area contributed by atoms with Gasteiger partial charge in [0, 0.05) is 18.9 Å². The molecule has 3 aliphatic rings. The van der Waals surface area contributed by atoms with Crippen LogP contribution in [0.25, 0.3) is 0 Å². The fraction of sp³-hybridized carbons (Fsp3) is 0.913. The normalized spacial score (nSPS) is 40.3. The van der Waals surface area contributed by atoms with Gasteiger partial charge in [0.1, 0.15) is 0 Å². The van der Waals surface area contributed by atoms with Crippen LogP contribution in [-0.4, -0.2) is 42.4 Å². The van der Waals surface area contributed by atoms with E-state index in [1.807, 2.05) is 7.11 Å². The molecule has 6 atom stereocenters. The summed E-state index contributed by atoms with van der Waals surface area (Å²) >= 11 is 0. The van der Waals surface area contributed by atoms with Crippen LogP contribution in [0.15, 0.2) is 11.1 Å². The summed E-state index contributed by atoms with van der Waals surface area (Å²) in [4.78, 5) is 0. The maximum Gasteiger partial charge on any atom is 0.160 e. The van der Waals surface area contributed by atoms with E-state index in [2.05, 4.69) is 20.8 Å². The fourth-order valence-electron chi connectivity index (χ4n) is 5.97. The lowest BCUT2D eigenvalue weighted by molar-refractivity contribution is -0.272. The van der Waals surface area contributed by atoms with Crippen LogP contribution in [0, 0.1) is 17.8 Å². The van der Waals surface area contributed by atoms with Crippen molar-refractivity contribution in [2.24, 2.45) is 17.8 Å². The van der Waals surface area contributed by atoms with Crippen molar-refractivity contribution >= 4 is 0 Å². The Bertz CT molecular complexity index is 549. The van der Waals surface area contributed by atoms with Gasteiger partial charge in [-0.3, -0.25) is 0 Å². The molecule has 1 aliphatic heterocycles. The molecule has 3 rings (SSSR count). The summed E-state index contributed by atoms with van der Waals surface area (Å²) < 4.78 is 18.4. The van der Waals surface area contributed by atoms with Crippen LogP contribution in [0.3, 0.4) is 0 Å². The first-order valence-electron chi connectivity index (χ1n) is 11.0. The highest BCUT2D eigenvalue weighted by molar-refractivity contribution is 5.28. The van der Waals surface area contributed by atoms with E-state index in [1.54, 1.807) is 13.8 Å². The van der Waals surface area contributed by atoms with Gasteiger partial charge in [-0.15, -0.1) is 0 Å². The SMILES string of the molecule is CCCC1OCC1C1CCC(OC)C2=C(C)CCC(OC(C)(C)O)(C1)C2C. The minimum absolute atomic E-state index is 0.165. The van der Waals surface area contributed by atoms with E-state index >= 15 is 0 Å². The topological polar surface area (TPSA) is 47.9 Å². The molecule has 2 bridgehead atoms. The van der Waals surface area contributed by atoms with E-state index in [4.69, 9.17) is 14.2 Å². The highest BCUT2D eigenvalue weighted by atomic mass is 16.6. The molecule has 0 aromatic rings. The van der Waals surface area contributed by atoms with E-state index in [1.165, 1.54) is 17.6 Å². The Morgan fingerprint density at radius 1 is 1.30 bits per heavy atom. The second-order valence-electron chi connectivity index (χ2n) is 9.66. The second-order valence-corrected chi connectivity index (χ2v) is 9.66. The second kappa shape index (κ2) is 8.14. The molecule has 0 amide bonds. The van der Waals surface area contributed by atoms with E-state index in [-0.39, 0.29) is 17.6 Å². The summed E-state index contributed by atoms with van der Waals surface area (Å²) in [5.74, 6) is 0.315. The van der Waals surface area contributed by atoms with Gasteiger partial charge in [-0.25, -0.2) is 0 Å². The molecule has 1 saturated heterocycles. The number of allylic oxidation sites excluding steroid dienone is 1. The highest BCUT2D eigenvalue weighted by Gasteiger charge is 2.51. The highest BCUT2D eigenvalue weighted by Crippen LogP contribution is 2.52. The van der Waals surface area contributed by atoms with Gasteiger partial charge in [0.2, 0.25) is 0 Å². The van der Waals surface area contributed by atoms with Crippen LogP contribution < -0.4 is 0 Å². The molecule has 1 heterocycles. The first kappa shape index (κ1) is 21.3. The third-order valence-corrected chi connectivity index (χ3v) is 7.32. The van der Waals surface area contributed by atoms with Crippen molar-refractivity contribution in [1.82, 2.24) is 0 Å². The first-order chi connectivity index (χ1) is 12.7. The average Bonchev–Trinajstić information content (AvgIpc) is 2.56. The van der Waals surface area contributed by atoms with Gasteiger partial charge in [0.25, 0.3) is 0 Å². The Hall–Kier alpha value is -0.420. The number of methoxy groups -OCH3 is 1. The number of hydrogen-bond donors (Lipinski definition) is 1. The average molecular weight is 381 g/mol. The van der Waals surface area contributed by atoms with Gasteiger partial charge in [0.05, 0.1) is 24.4 Å². The van der Waals surface area contributed by atoms with Crippen LogP contribution in [-0.2, 0) is 14.2 Å². The molecule has 2 fully saturated rings. The lowest BCUT2D eigenvalue weighted by Gasteiger charge is -2.53. The van der Waals surface area contributed by atoms with Crippen LogP contribution >= 0.6 is 0 Å². The predicted molar refractivity (Wildman–Crippen MR) is 107 cm³/mol. The molecule has 4 heteroatoms. The minimum atomic E-state index is -1.13. The zero-order valence-corrected chi connectivity index (χ0v) is 18.2. The molecule has 1 N–H and O–H groups in total. The fourth-order valence-corrected chi connectivity index (χ4v) is 5.97. The summed E-state index contributed by atoms with van der Waals surface area (Å²) in [5, 5.41) is 10.6. The van der Waals surface area contributed by atoms with E-state index in [0.717, 1.165) is 45.1 Å². The smallest absolute Gasteiger partial charge is 0.160 e. The standard InChI is InChI=1S/C23H40O4/c1-7-8-19-18(14-26-19)17-9-10-20(25-6)21-15(2)11-12-23(13-17,16(21)3)27-22(4,5)24/h16-20,24H,7-14H2,1-6H3. The summed E-state index contributed by atoms with van der Waals surface area (Å²) in [6, 6.07) is 0. The van der Waals surface area contributed by atoms with Gasteiger partial charge in [0.15, 0.2) is 5.79 Å². The Labute approximate surface area is 165 Å². The summed E-state index contributed by atoms with van der Waals surface area (Å²) in [7, 11) is 1.84. The van der Waals surface area contributed by atoms with Crippen molar-refractivity contribution < 1.29 is 19.3 Å². The molecular formula is C23H40O4. The molecule has 6 unspecified atom stereocenters. The van der Waals surface area contributed by atoms with E-state index in [9.17, 15) is 5.11 Å². The van der Waals surface area contributed by atoms with Crippen LogP contribution in [0.5, 0.6) is 0 Å². The van der Waals surface area contributed by atoms with Crippen LogP contribution in [0.2, 0.25) is 0 Å². The summed E-state index contributed by atoms with van der Waals surface area (Å²) in [5.41, 5.74) is 2.56. The molecule has 4 nitrogen and oxygen atoms in total. The molecule has 0 radical (unpaired) electrons. The Morgan fingerprint density at radius 3 is 2.59 bits per heavy atom. The van der Waals surface area contributed by atoms with Crippen molar-refractivity contribution in [3.05, 3.63) is 11.1 Å². The van der Waals surface area contributed by atoms with Gasteiger partial charge in [-0.05, 0) is 70.8 Å². The zero-order valence-electron chi connectivity index (χ0n) is 18.2. The minimum Gasteiger partial charge on any atom is -0.377 e. The van der Waals surface area contributed by atoms with Crippen molar-refractivity contribution in [1.29, 1.82) is 0 Å². The monoisotopic (exact) mass is 380 g/mol. The Kier molecular flexibility index (Phi) is 6.42. The van der Waals surface area contributed by atoms with Gasteiger partial charge < -0.3 is 19.3 Å². The van der Waals surface area contributed by atoms with E-state index < -0.39 is 5.79 Å². The van der Waals surface area contributed by atoms with Gasteiger partial charge in [-0.2, -0.15) is 0 Å². The van der Waals surface area contributed by atoms with Gasteiger partial charge >= 0.3 is 0 Å². The molecular weight excluding hydrogens is 340 g/mol. The van der Waals surface area contributed by atoms with Crippen LogP contribution in [0.1, 0.15) is 79.6 Å². The zero-order chi connectivity index (χ0) is 19.8.